The largest absolute Gasteiger partial charge is 0.497 e. The number of hydrogen-bond donors (Lipinski definition) is 2. The fraction of sp³-hybridized carbons (Fsp3) is 0.294. The van der Waals surface area contributed by atoms with E-state index in [-0.39, 0.29) is 38.7 Å². The van der Waals surface area contributed by atoms with E-state index in [2.05, 4.69) is 29.9 Å². The highest BCUT2D eigenvalue weighted by molar-refractivity contribution is 7.98. The Kier molecular flexibility index (Phi) is 3.93. The van der Waals surface area contributed by atoms with Gasteiger partial charge in [-0.3, -0.25) is 14.2 Å². The van der Waals surface area contributed by atoms with E-state index in [0.717, 1.165) is 0 Å². The summed E-state index contributed by atoms with van der Waals surface area (Å²) in [6.45, 7) is -13.2. The van der Waals surface area contributed by atoms with Crippen LogP contribution in [0.15, 0.2) is 59.1 Å². The number of rotatable bonds is 10. The fourth-order valence-corrected chi connectivity index (χ4v) is 5.13. The van der Waals surface area contributed by atoms with Gasteiger partial charge >= 0.3 is 0 Å². The van der Waals surface area contributed by atoms with E-state index in [4.69, 9.17) is 60.1 Å². The number of fused-ring (bicyclic) bond motifs is 2. The van der Waals surface area contributed by atoms with Crippen molar-refractivity contribution in [3.63, 3.8) is 0 Å². The van der Waals surface area contributed by atoms with Crippen molar-refractivity contribution < 1.29 is 64.3 Å². The molecule has 246 valence electrons. The molecule has 2 aromatic carbocycles. The topological polar surface area (TPSA) is 137 Å². The fourth-order valence-electron chi connectivity index (χ4n) is 3.68. The molecule has 0 aliphatic heterocycles. The summed E-state index contributed by atoms with van der Waals surface area (Å²) in [6, 6.07) is 7.73. The second-order valence-corrected chi connectivity index (χ2v) is 10.7. The zero-order valence-corrected chi connectivity index (χ0v) is 24.7. The molecule has 0 amide bonds. The SMILES string of the molecule is [2H]c1nc(C([2H])([2H])S(=O)c2nc3ccc(OC([2H])([2H])[2H])cc3[nH]2)c(C([2H])([2H])[2H])c(OC([2H])([2H])[2H])c1C([2H])([2H])[2H].[2H]c1nc(C([2H])([2H])Sc2nc3ccc(OC([2H])([2H])[2H])cc3[nH]2)c(C([2H])([2H])[2H])c(OC([2H])([2H])[2H])c1C([2H])([2H])[2H]. The van der Waals surface area contributed by atoms with Crippen LogP contribution in [-0.2, 0) is 22.2 Å². The predicted octanol–water partition coefficient (Wildman–Crippen LogP) is 6.78. The summed E-state index contributed by atoms with van der Waals surface area (Å²) in [4.78, 5) is 20.5. The van der Waals surface area contributed by atoms with E-state index in [1.807, 2.05) is 0 Å². The van der Waals surface area contributed by atoms with Crippen LogP contribution in [-0.4, -0.2) is 62.3 Å². The summed E-state index contributed by atoms with van der Waals surface area (Å²) >= 11 is 0.305. The third-order valence-corrected chi connectivity index (χ3v) is 7.46. The lowest BCUT2D eigenvalue weighted by Crippen LogP contribution is -2.05. The number of aromatic nitrogens is 6. The quantitative estimate of drug-likeness (QED) is 0.147. The highest BCUT2D eigenvalue weighted by Crippen LogP contribution is 2.30. The summed E-state index contributed by atoms with van der Waals surface area (Å²) in [6.07, 6.45) is -2.30. The third kappa shape index (κ3) is 7.52. The van der Waals surface area contributed by atoms with Crippen molar-refractivity contribution in [1.82, 2.24) is 29.9 Å². The van der Waals surface area contributed by atoms with E-state index in [1.165, 1.54) is 36.4 Å². The average Bonchev–Trinajstić information content (AvgIpc) is 3.78. The van der Waals surface area contributed by atoms with Crippen molar-refractivity contribution >= 4 is 44.6 Å². The number of aromatic amines is 2. The number of pyridine rings is 2. The van der Waals surface area contributed by atoms with Crippen LogP contribution in [0, 0.1) is 27.4 Å². The van der Waals surface area contributed by atoms with Gasteiger partial charge in [0.25, 0.3) is 0 Å². The molecule has 1 atom stereocenters. The summed E-state index contributed by atoms with van der Waals surface area (Å²) in [5.41, 5.74) is -12.3. The molecule has 4 heterocycles. The molecule has 0 saturated carbocycles. The second kappa shape index (κ2) is 14.9. The Labute approximate surface area is 322 Å². The number of thioether (sulfide) groups is 1. The molecule has 2 N–H and O–H groups in total. The van der Waals surface area contributed by atoms with Crippen molar-refractivity contribution in [3.05, 3.63) is 82.4 Å². The van der Waals surface area contributed by atoms with Crippen LogP contribution in [0.4, 0.5) is 0 Å². The number of nitrogens with zero attached hydrogens (tertiary/aromatic N) is 4. The highest BCUT2D eigenvalue weighted by Gasteiger charge is 2.16. The Morgan fingerprint density at radius 2 is 1.38 bits per heavy atom. The molecule has 1 unspecified atom stereocenters. The van der Waals surface area contributed by atoms with Crippen LogP contribution >= 0.6 is 11.8 Å². The third-order valence-electron chi connectivity index (χ3n) is 5.85. The van der Waals surface area contributed by atoms with Gasteiger partial charge in [0.15, 0.2) is 10.3 Å². The maximum Gasteiger partial charge on any atom is 0.197 e. The van der Waals surface area contributed by atoms with Gasteiger partial charge in [0.1, 0.15) is 23.0 Å². The molecule has 0 fully saturated rings. The lowest BCUT2D eigenvalue weighted by atomic mass is 10.1. The van der Waals surface area contributed by atoms with E-state index < -0.39 is 140 Å². The normalized spacial score (nSPS) is 23.8. The van der Waals surface area contributed by atoms with Gasteiger partial charge in [0, 0.05) is 74.4 Å². The molecule has 0 saturated heterocycles. The van der Waals surface area contributed by atoms with Gasteiger partial charge in [0.2, 0.25) is 0 Å². The molecule has 11 nitrogen and oxygen atoms in total. The first-order valence-electron chi connectivity index (χ1n) is 27.4. The monoisotopic (exact) mass is 704 g/mol. The summed E-state index contributed by atoms with van der Waals surface area (Å²) in [5, 5.41) is -0.692. The van der Waals surface area contributed by atoms with Crippen LogP contribution < -0.4 is 18.9 Å². The molecule has 47 heavy (non-hydrogen) atoms. The minimum atomic E-state index is -3.44. The second-order valence-electron chi connectivity index (χ2n) is 8.73. The smallest absolute Gasteiger partial charge is 0.197 e. The van der Waals surface area contributed by atoms with Crippen molar-refractivity contribution in [1.29, 1.82) is 0 Å². The van der Waals surface area contributed by atoms with Gasteiger partial charge in [-0.05, 0) is 51.7 Å². The van der Waals surface area contributed by atoms with Gasteiger partial charge in [0.05, 0.1) is 97.3 Å². The molecular weight excluding hydrogens is 637 g/mol. The zero-order chi connectivity index (χ0) is 59.0. The minimum absolute atomic E-state index is 0.0300. The van der Waals surface area contributed by atoms with Gasteiger partial charge in [-0.25, -0.2) is 9.97 Å². The van der Waals surface area contributed by atoms with Crippen LogP contribution in [0.2, 0.25) is 0 Å². The van der Waals surface area contributed by atoms with Crippen LogP contribution in [0.25, 0.3) is 22.1 Å². The number of nitrogens with one attached hydrogen (secondary N) is 2. The number of H-pyrrole nitrogens is 2. The standard InChI is InChI=1S/C17H19N3O3S.C17H19N3O2S/c1-10-8-18-15(11(2)16(10)23-4)9-24(21)17-19-13-6-5-12(22-3)7-14(13)20-17;1-10-8-18-15(11(2)16(10)22-4)9-23-17-19-13-6-5-12(21-3)7-14(13)20-17/h5-8H,9H2,1-4H3,(H,19,20);5-8H,9H2,1-4H3,(H,19,20)/i2*1D3,2D3,3D3,4D3,8D,9D2. The number of benzene rings is 2. The first-order chi connectivity index (χ1) is 34.4. The van der Waals surface area contributed by atoms with Gasteiger partial charge in [-0.1, -0.05) is 11.8 Å². The number of methoxy groups -OCH3 is 4. The molecule has 0 spiro atoms. The van der Waals surface area contributed by atoms with Gasteiger partial charge in [-0.15, -0.1) is 0 Å². The minimum Gasteiger partial charge on any atom is -0.497 e. The van der Waals surface area contributed by atoms with Crippen molar-refractivity contribution in [2.75, 3.05) is 28.2 Å². The molecule has 13 heteroatoms. The van der Waals surface area contributed by atoms with E-state index in [0.29, 0.717) is 11.8 Å². The maximum absolute atomic E-state index is 13.4. The van der Waals surface area contributed by atoms with E-state index in [1.54, 1.807) is 0 Å². The molecule has 6 rings (SSSR count). The Hall–Kier alpha value is -4.62. The van der Waals surface area contributed by atoms with Crippen LogP contribution in [0.5, 0.6) is 23.0 Å². The summed E-state index contributed by atoms with van der Waals surface area (Å²) in [5.74, 6) is -2.66. The molecule has 6 aromatic rings. The van der Waals surface area contributed by atoms with Gasteiger partial charge < -0.3 is 28.9 Å². The molecule has 0 radical (unpaired) electrons. The molecular formula is C34H38N6O5S2. The zero-order valence-electron chi connectivity index (χ0n) is 53.1. The van der Waals surface area contributed by atoms with Crippen molar-refractivity contribution in [2.24, 2.45) is 0 Å². The molecule has 0 bridgehead atoms. The predicted molar refractivity (Wildman–Crippen MR) is 185 cm³/mol. The Morgan fingerprint density at radius 3 is 2.00 bits per heavy atom. The lowest BCUT2D eigenvalue weighted by Gasteiger charge is -2.11. The number of hydrogen-bond acceptors (Lipinski definition) is 10. The maximum atomic E-state index is 13.4. The van der Waals surface area contributed by atoms with Crippen LogP contribution in [0.1, 0.15) is 74.8 Å². The van der Waals surface area contributed by atoms with Gasteiger partial charge in [-0.2, -0.15) is 0 Å². The average molecular weight is 705 g/mol. The highest BCUT2D eigenvalue weighted by atomic mass is 32.2. The Bertz CT molecular complexity index is 3190. The molecule has 4 aromatic heterocycles. The molecule has 0 aliphatic carbocycles. The van der Waals surface area contributed by atoms with Crippen molar-refractivity contribution in [2.45, 2.75) is 49.1 Å². The number of imidazole rings is 2. The van der Waals surface area contributed by atoms with Crippen molar-refractivity contribution in [3.8, 4) is 23.0 Å². The first-order valence-corrected chi connectivity index (χ1v) is 14.3. The number of ether oxygens (including phenoxy) is 4. The first kappa shape index (κ1) is 12.4. The Morgan fingerprint density at radius 1 is 0.787 bits per heavy atom. The van der Waals surface area contributed by atoms with E-state index >= 15 is 0 Å². The van der Waals surface area contributed by atoms with Crippen LogP contribution in [0.3, 0.4) is 0 Å². The van der Waals surface area contributed by atoms with E-state index in [9.17, 15) is 4.21 Å². The summed E-state index contributed by atoms with van der Waals surface area (Å²) < 4.78 is 263. The molecule has 0 aliphatic rings. The summed E-state index contributed by atoms with van der Waals surface area (Å²) in [7, 11) is -15.2. The lowest BCUT2D eigenvalue weighted by molar-refractivity contribution is 0.407. The Balaban J connectivity index is 0.000000284.